The molecule has 1 aromatic heterocycles. The fraction of sp³-hybridized carbons (Fsp3) is 0.250. The Kier molecular flexibility index (Phi) is 5.25. The predicted molar refractivity (Wildman–Crippen MR) is 101 cm³/mol. The van der Waals surface area contributed by atoms with Crippen molar-refractivity contribution < 1.29 is 12.8 Å². The van der Waals surface area contributed by atoms with E-state index in [9.17, 15) is 8.42 Å². The minimum absolute atomic E-state index is 0.261. The topological polar surface area (TPSA) is 72.2 Å². The van der Waals surface area contributed by atoms with Crippen LogP contribution in [0.25, 0.3) is 11.5 Å². The lowest BCUT2D eigenvalue weighted by molar-refractivity contribution is 0.538. The van der Waals surface area contributed by atoms with E-state index in [1.54, 1.807) is 12.1 Å². The van der Waals surface area contributed by atoms with Crippen LogP contribution in [-0.4, -0.2) is 19.9 Å². The molecule has 0 bridgehead atoms. The Hall–Kier alpha value is -2.44. The van der Waals surface area contributed by atoms with Gasteiger partial charge in [-0.2, -0.15) is 0 Å². The second-order valence-electron chi connectivity index (χ2n) is 6.28. The van der Waals surface area contributed by atoms with Crippen LogP contribution in [0.5, 0.6) is 0 Å². The van der Waals surface area contributed by atoms with Gasteiger partial charge in [-0.25, -0.2) is 18.1 Å². The third kappa shape index (κ3) is 4.03. The van der Waals surface area contributed by atoms with Crippen LogP contribution in [0.3, 0.4) is 0 Å². The highest BCUT2D eigenvalue weighted by molar-refractivity contribution is 7.89. The van der Waals surface area contributed by atoms with Gasteiger partial charge in [0, 0.05) is 18.5 Å². The van der Waals surface area contributed by atoms with Crippen LogP contribution in [0.1, 0.15) is 22.6 Å². The van der Waals surface area contributed by atoms with E-state index in [4.69, 9.17) is 4.42 Å². The predicted octanol–water partition coefficient (Wildman–Crippen LogP) is 3.79. The molecule has 0 saturated heterocycles. The van der Waals surface area contributed by atoms with E-state index in [2.05, 4.69) is 9.71 Å². The van der Waals surface area contributed by atoms with Crippen molar-refractivity contribution in [3.05, 3.63) is 71.1 Å². The van der Waals surface area contributed by atoms with Crippen LogP contribution in [-0.2, 0) is 16.4 Å². The van der Waals surface area contributed by atoms with Crippen LogP contribution in [0.15, 0.2) is 57.8 Å². The molecule has 0 fully saturated rings. The first kappa shape index (κ1) is 18.4. The second-order valence-corrected chi connectivity index (χ2v) is 8.05. The molecule has 3 aromatic rings. The van der Waals surface area contributed by atoms with Gasteiger partial charge in [0.15, 0.2) is 0 Å². The molecule has 0 amide bonds. The van der Waals surface area contributed by atoms with E-state index in [-0.39, 0.29) is 11.4 Å². The van der Waals surface area contributed by atoms with Gasteiger partial charge in [-0.3, -0.25) is 0 Å². The molecule has 0 atom stereocenters. The molecule has 0 spiro atoms. The Morgan fingerprint density at radius 1 is 1.00 bits per heavy atom. The van der Waals surface area contributed by atoms with Crippen molar-refractivity contribution in [3.8, 4) is 11.5 Å². The summed E-state index contributed by atoms with van der Waals surface area (Å²) in [6.45, 7) is 5.96. The summed E-state index contributed by atoms with van der Waals surface area (Å²) in [5, 5.41) is 0. The summed E-state index contributed by atoms with van der Waals surface area (Å²) in [5.74, 6) is 1.25. The van der Waals surface area contributed by atoms with E-state index in [0.717, 1.165) is 22.4 Å². The summed E-state index contributed by atoms with van der Waals surface area (Å²) in [4.78, 5) is 4.78. The van der Waals surface area contributed by atoms with Crippen LogP contribution in [0, 0.1) is 20.8 Å². The van der Waals surface area contributed by atoms with Crippen molar-refractivity contribution in [2.45, 2.75) is 32.1 Å². The first-order chi connectivity index (χ1) is 12.4. The minimum atomic E-state index is -3.54. The molecular weight excluding hydrogens is 348 g/mol. The number of sulfonamides is 1. The summed E-state index contributed by atoms with van der Waals surface area (Å²) in [7, 11) is -3.54. The Morgan fingerprint density at radius 2 is 1.73 bits per heavy atom. The van der Waals surface area contributed by atoms with Gasteiger partial charge < -0.3 is 4.42 Å². The van der Waals surface area contributed by atoms with Gasteiger partial charge in [0.2, 0.25) is 15.9 Å². The molecule has 1 N–H and O–H groups in total. The lowest BCUT2D eigenvalue weighted by Crippen LogP contribution is -2.26. The molecule has 6 heteroatoms. The normalized spacial score (nSPS) is 11.7. The number of aromatic nitrogens is 1. The van der Waals surface area contributed by atoms with E-state index in [1.165, 1.54) is 0 Å². The average Bonchev–Trinajstić information content (AvgIpc) is 2.99. The highest BCUT2D eigenvalue weighted by Crippen LogP contribution is 2.21. The van der Waals surface area contributed by atoms with Crippen molar-refractivity contribution in [3.63, 3.8) is 0 Å². The van der Waals surface area contributed by atoms with Gasteiger partial charge in [-0.1, -0.05) is 24.3 Å². The van der Waals surface area contributed by atoms with Gasteiger partial charge in [0.25, 0.3) is 0 Å². The van der Waals surface area contributed by atoms with E-state index in [1.807, 2.05) is 57.2 Å². The summed E-state index contributed by atoms with van der Waals surface area (Å²) < 4.78 is 33.2. The fourth-order valence-electron chi connectivity index (χ4n) is 2.63. The van der Waals surface area contributed by atoms with Crippen LogP contribution >= 0.6 is 0 Å². The van der Waals surface area contributed by atoms with Crippen molar-refractivity contribution in [2.24, 2.45) is 0 Å². The zero-order valence-corrected chi connectivity index (χ0v) is 15.9. The molecule has 0 saturated carbocycles. The summed E-state index contributed by atoms with van der Waals surface area (Å²) >= 11 is 0. The van der Waals surface area contributed by atoms with Crippen molar-refractivity contribution in [1.29, 1.82) is 0 Å². The fourth-order valence-corrected chi connectivity index (χ4v) is 3.75. The number of aryl methyl sites for hydroxylation is 3. The molecule has 0 aliphatic carbocycles. The van der Waals surface area contributed by atoms with E-state index in [0.29, 0.717) is 18.1 Å². The van der Waals surface area contributed by atoms with Gasteiger partial charge >= 0.3 is 0 Å². The lowest BCUT2D eigenvalue weighted by Gasteiger charge is -2.08. The first-order valence-electron chi connectivity index (χ1n) is 8.45. The van der Waals surface area contributed by atoms with Crippen LogP contribution < -0.4 is 4.72 Å². The molecular formula is C20H22N2O3S. The standard InChI is InChI=1S/C20H22N2O3S/c1-14-9-10-18(13-15(14)2)26(23,24)21-12-11-19-16(3)25-20(22-19)17-7-5-4-6-8-17/h4-10,13,21H,11-12H2,1-3H3. The third-order valence-electron chi connectivity index (χ3n) is 4.36. The molecule has 26 heavy (non-hydrogen) atoms. The third-order valence-corrected chi connectivity index (χ3v) is 5.81. The molecule has 3 rings (SSSR count). The maximum absolute atomic E-state index is 12.4. The second kappa shape index (κ2) is 7.43. The molecule has 0 aliphatic rings. The van der Waals surface area contributed by atoms with Crippen molar-refractivity contribution in [2.75, 3.05) is 6.54 Å². The van der Waals surface area contributed by atoms with Gasteiger partial charge in [0.05, 0.1) is 10.6 Å². The number of hydrogen-bond donors (Lipinski definition) is 1. The van der Waals surface area contributed by atoms with Crippen molar-refractivity contribution >= 4 is 10.0 Å². The molecule has 0 radical (unpaired) electrons. The smallest absolute Gasteiger partial charge is 0.240 e. The van der Waals surface area contributed by atoms with Crippen LogP contribution in [0.4, 0.5) is 0 Å². The number of oxazole rings is 1. The molecule has 0 unspecified atom stereocenters. The molecule has 0 aliphatic heterocycles. The lowest BCUT2D eigenvalue weighted by atomic mass is 10.1. The Bertz CT molecular complexity index is 1010. The van der Waals surface area contributed by atoms with E-state index < -0.39 is 10.0 Å². The molecule has 5 nitrogen and oxygen atoms in total. The highest BCUT2D eigenvalue weighted by atomic mass is 32.2. The quantitative estimate of drug-likeness (QED) is 0.716. The Labute approximate surface area is 154 Å². The van der Waals surface area contributed by atoms with Crippen molar-refractivity contribution in [1.82, 2.24) is 9.71 Å². The van der Waals surface area contributed by atoms with E-state index >= 15 is 0 Å². The highest BCUT2D eigenvalue weighted by Gasteiger charge is 2.16. The van der Waals surface area contributed by atoms with Gasteiger partial charge in [0.1, 0.15) is 5.76 Å². The molecule has 1 heterocycles. The maximum atomic E-state index is 12.4. The van der Waals surface area contributed by atoms with Gasteiger partial charge in [-0.15, -0.1) is 0 Å². The number of rotatable bonds is 6. The SMILES string of the molecule is Cc1ccc(S(=O)(=O)NCCc2nc(-c3ccccc3)oc2C)cc1C. The molecule has 136 valence electrons. The number of hydrogen-bond acceptors (Lipinski definition) is 4. The number of nitrogens with one attached hydrogen (secondary N) is 1. The average molecular weight is 370 g/mol. The maximum Gasteiger partial charge on any atom is 0.240 e. The summed E-state index contributed by atoms with van der Waals surface area (Å²) in [6, 6.07) is 14.8. The van der Waals surface area contributed by atoms with Crippen LogP contribution in [0.2, 0.25) is 0 Å². The first-order valence-corrected chi connectivity index (χ1v) is 9.94. The minimum Gasteiger partial charge on any atom is -0.441 e. The summed E-state index contributed by atoms with van der Waals surface area (Å²) in [6.07, 6.45) is 0.465. The Balaban J connectivity index is 1.68. The van der Waals surface area contributed by atoms with Gasteiger partial charge in [-0.05, 0) is 56.2 Å². The molecule has 2 aromatic carbocycles. The number of nitrogens with zero attached hydrogens (tertiary/aromatic N) is 1. The zero-order valence-electron chi connectivity index (χ0n) is 15.1. The summed E-state index contributed by atoms with van der Waals surface area (Å²) in [5.41, 5.74) is 3.67. The zero-order chi connectivity index (χ0) is 18.7. The Morgan fingerprint density at radius 3 is 2.42 bits per heavy atom. The number of benzene rings is 2. The monoisotopic (exact) mass is 370 g/mol. The largest absolute Gasteiger partial charge is 0.441 e.